The van der Waals surface area contributed by atoms with E-state index in [1.807, 2.05) is 0 Å². The molecule has 1 aliphatic heterocycles. The van der Waals surface area contributed by atoms with Gasteiger partial charge >= 0.3 is 0 Å². The first kappa shape index (κ1) is 14.0. The zero-order valence-corrected chi connectivity index (χ0v) is 10.7. The van der Waals surface area contributed by atoms with Crippen LogP contribution < -0.4 is 0 Å². The van der Waals surface area contributed by atoms with Gasteiger partial charge in [-0.15, -0.1) is 0 Å². The summed E-state index contributed by atoms with van der Waals surface area (Å²) < 4.78 is 0. The van der Waals surface area contributed by atoms with Gasteiger partial charge in [0.2, 0.25) is 0 Å². The van der Waals surface area contributed by atoms with Crippen molar-refractivity contribution < 1.29 is 0 Å². The fraction of sp³-hybridized carbons (Fsp3) is 1.00. The van der Waals surface area contributed by atoms with E-state index in [1.165, 1.54) is 51.7 Å². The molecule has 0 atom stereocenters. The van der Waals surface area contributed by atoms with E-state index >= 15 is 0 Å². The molecule has 0 bridgehead atoms. The first-order chi connectivity index (χ1) is 6.78. The molecule has 0 unspecified atom stereocenters. The quantitative estimate of drug-likeness (QED) is 0.665. The van der Waals surface area contributed by atoms with Crippen molar-refractivity contribution in [3.63, 3.8) is 0 Å². The second-order valence-electron chi connectivity index (χ2n) is 4.40. The van der Waals surface area contributed by atoms with Crippen LogP contribution in [0.5, 0.6) is 0 Å². The van der Waals surface area contributed by atoms with Crippen molar-refractivity contribution in [2.24, 2.45) is 5.92 Å². The molecule has 0 aromatic rings. The molecule has 1 nitrogen and oxygen atoms in total. The topological polar surface area (TPSA) is 3.24 Å². The molecule has 0 N–H and O–H groups in total. The normalized spacial score (nSPS) is 18.9. The monoisotopic (exact) mass is 199 g/mol. The minimum atomic E-state index is 1.03. The van der Waals surface area contributed by atoms with Crippen LogP contribution >= 0.6 is 0 Å². The van der Waals surface area contributed by atoms with E-state index in [9.17, 15) is 0 Å². The summed E-state index contributed by atoms with van der Waals surface area (Å²) in [6.07, 6.45) is 6.84. The minimum absolute atomic E-state index is 1.03. The van der Waals surface area contributed by atoms with E-state index in [1.54, 1.807) is 0 Å². The fourth-order valence-electron chi connectivity index (χ4n) is 1.93. The van der Waals surface area contributed by atoms with Gasteiger partial charge in [0.25, 0.3) is 0 Å². The zero-order valence-electron chi connectivity index (χ0n) is 10.7. The maximum Gasteiger partial charge on any atom is -0.00161 e. The molecule has 0 radical (unpaired) electrons. The van der Waals surface area contributed by atoms with Gasteiger partial charge in [-0.3, -0.25) is 0 Å². The summed E-state index contributed by atoms with van der Waals surface area (Å²) in [4.78, 5) is 2.60. The summed E-state index contributed by atoms with van der Waals surface area (Å²) in [6, 6.07) is 0. The molecular formula is C13H29N. The van der Waals surface area contributed by atoms with Crippen molar-refractivity contribution in [3.05, 3.63) is 0 Å². The number of nitrogens with zero attached hydrogens (tertiary/aromatic N) is 1. The summed E-state index contributed by atoms with van der Waals surface area (Å²) in [5.41, 5.74) is 0. The van der Waals surface area contributed by atoms with Gasteiger partial charge in [-0.2, -0.15) is 0 Å². The first-order valence-electron chi connectivity index (χ1n) is 6.50. The van der Waals surface area contributed by atoms with E-state index in [0.29, 0.717) is 0 Å². The highest BCUT2D eigenvalue weighted by Crippen LogP contribution is 2.19. The Morgan fingerprint density at radius 3 is 1.86 bits per heavy atom. The Bertz CT molecular complexity index is 104. The number of hydrogen-bond donors (Lipinski definition) is 0. The number of likely N-dealkylation sites (tertiary alicyclic amines) is 1. The lowest BCUT2D eigenvalue weighted by Crippen LogP contribution is -2.33. The smallest absolute Gasteiger partial charge is 0.00161 e. The average molecular weight is 199 g/mol. The van der Waals surface area contributed by atoms with Crippen LogP contribution in [-0.4, -0.2) is 24.5 Å². The lowest BCUT2D eigenvalue weighted by atomic mass is 9.94. The lowest BCUT2D eigenvalue weighted by molar-refractivity contribution is 0.182. The highest BCUT2D eigenvalue weighted by Gasteiger charge is 2.16. The Morgan fingerprint density at radius 2 is 1.50 bits per heavy atom. The van der Waals surface area contributed by atoms with E-state index in [2.05, 4.69) is 32.6 Å². The third-order valence-electron chi connectivity index (χ3n) is 2.82. The predicted octanol–water partition coefficient (Wildman–Crippen LogP) is 3.93. The van der Waals surface area contributed by atoms with Gasteiger partial charge in [0.1, 0.15) is 0 Å². The third kappa shape index (κ3) is 6.42. The number of piperidine rings is 1. The highest BCUT2D eigenvalue weighted by molar-refractivity contribution is 4.70. The van der Waals surface area contributed by atoms with Crippen LogP contribution in [0.1, 0.15) is 59.8 Å². The average Bonchev–Trinajstić information content (AvgIpc) is 2.21. The van der Waals surface area contributed by atoms with Crippen LogP contribution in [0.4, 0.5) is 0 Å². The molecule has 1 heteroatoms. The molecule has 0 aromatic heterocycles. The van der Waals surface area contributed by atoms with Gasteiger partial charge in [0.15, 0.2) is 0 Å². The lowest BCUT2D eigenvalue weighted by Gasteiger charge is -2.30. The summed E-state index contributed by atoms with van der Waals surface area (Å²) in [7, 11) is 0. The van der Waals surface area contributed by atoms with Crippen molar-refractivity contribution in [3.8, 4) is 0 Å². The standard InChI is InChI=1S/C10H21N.C3H8/c1-3-7-11-8-5-10(4-2)6-9-11;1-3-2/h10H,3-9H2,1-2H3;3H2,1-2H3. The van der Waals surface area contributed by atoms with Gasteiger partial charge in [-0.25, -0.2) is 0 Å². The molecule has 1 fully saturated rings. The van der Waals surface area contributed by atoms with E-state index in [4.69, 9.17) is 0 Å². The second kappa shape index (κ2) is 9.51. The van der Waals surface area contributed by atoms with Crippen molar-refractivity contribution in [2.75, 3.05) is 19.6 Å². The molecule has 86 valence electrons. The van der Waals surface area contributed by atoms with Crippen LogP contribution in [0.3, 0.4) is 0 Å². The second-order valence-corrected chi connectivity index (χ2v) is 4.40. The molecule has 0 spiro atoms. The Labute approximate surface area is 90.9 Å². The maximum absolute atomic E-state index is 2.60. The highest BCUT2D eigenvalue weighted by atomic mass is 15.1. The molecule has 1 rings (SSSR count). The van der Waals surface area contributed by atoms with Crippen LogP contribution in [0.15, 0.2) is 0 Å². The van der Waals surface area contributed by atoms with Crippen LogP contribution in [0, 0.1) is 5.92 Å². The van der Waals surface area contributed by atoms with Gasteiger partial charge < -0.3 is 4.90 Å². The summed E-state index contributed by atoms with van der Waals surface area (Å²) >= 11 is 0. The Hall–Kier alpha value is -0.0400. The largest absolute Gasteiger partial charge is 0.303 e. The number of hydrogen-bond acceptors (Lipinski definition) is 1. The molecule has 1 heterocycles. The minimum Gasteiger partial charge on any atom is -0.303 e. The third-order valence-corrected chi connectivity index (χ3v) is 2.82. The Morgan fingerprint density at radius 1 is 1.00 bits per heavy atom. The first-order valence-corrected chi connectivity index (χ1v) is 6.50. The van der Waals surface area contributed by atoms with Crippen LogP contribution in [0.2, 0.25) is 0 Å². The van der Waals surface area contributed by atoms with E-state index < -0.39 is 0 Å². The van der Waals surface area contributed by atoms with E-state index in [0.717, 1.165) is 5.92 Å². The van der Waals surface area contributed by atoms with Crippen molar-refractivity contribution in [1.82, 2.24) is 4.90 Å². The maximum atomic E-state index is 2.60. The molecule has 0 aromatic carbocycles. The summed E-state index contributed by atoms with van der Waals surface area (Å²) in [5.74, 6) is 1.03. The molecule has 1 saturated heterocycles. The van der Waals surface area contributed by atoms with Gasteiger partial charge in [-0.05, 0) is 44.8 Å². The van der Waals surface area contributed by atoms with Gasteiger partial charge in [0, 0.05) is 0 Å². The van der Waals surface area contributed by atoms with Crippen LogP contribution in [-0.2, 0) is 0 Å². The van der Waals surface area contributed by atoms with Crippen molar-refractivity contribution >= 4 is 0 Å². The van der Waals surface area contributed by atoms with Crippen molar-refractivity contribution in [1.29, 1.82) is 0 Å². The summed E-state index contributed by atoms with van der Waals surface area (Å²) in [6.45, 7) is 12.9. The molecule has 14 heavy (non-hydrogen) atoms. The predicted molar refractivity (Wildman–Crippen MR) is 65.7 cm³/mol. The van der Waals surface area contributed by atoms with Gasteiger partial charge in [-0.1, -0.05) is 40.5 Å². The SMILES string of the molecule is CCC.CCCN1CCC(CC)CC1. The van der Waals surface area contributed by atoms with E-state index in [-0.39, 0.29) is 0 Å². The van der Waals surface area contributed by atoms with Gasteiger partial charge in [0.05, 0.1) is 0 Å². The molecular weight excluding hydrogens is 170 g/mol. The Kier molecular flexibility index (Phi) is 9.49. The number of rotatable bonds is 3. The fourth-order valence-corrected chi connectivity index (χ4v) is 1.93. The molecule has 1 aliphatic rings. The molecule has 0 amide bonds. The van der Waals surface area contributed by atoms with Crippen molar-refractivity contribution in [2.45, 2.75) is 59.8 Å². The molecule has 0 aliphatic carbocycles. The summed E-state index contributed by atoms with van der Waals surface area (Å²) in [5, 5.41) is 0. The molecule has 0 saturated carbocycles. The van der Waals surface area contributed by atoms with Crippen LogP contribution in [0.25, 0.3) is 0 Å². The zero-order chi connectivity index (χ0) is 10.8. The Balaban J connectivity index is 0.000000500.